The average Bonchev–Trinajstić information content (AvgIpc) is 3.32. The van der Waals surface area contributed by atoms with Gasteiger partial charge in [-0.05, 0) is 31.5 Å². The molecule has 5 rings (SSSR count). The van der Waals surface area contributed by atoms with Crippen molar-refractivity contribution in [2.45, 2.75) is 25.9 Å². The normalized spacial score (nSPS) is 18.0. The van der Waals surface area contributed by atoms with Crippen molar-refractivity contribution < 1.29 is 32.7 Å². The fraction of sp³-hybridized carbons (Fsp3) is 0.286. The molecule has 172 valence electrons. The molecule has 0 bridgehead atoms. The van der Waals surface area contributed by atoms with Gasteiger partial charge in [0.1, 0.15) is 10.6 Å². The van der Waals surface area contributed by atoms with E-state index in [0.29, 0.717) is 33.0 Å². The van der Waals surface area contributed by atoms with Crippen molar-refractivity contribution in [2.75, 3.05) is 13.7 Å². The van der Waals surface area contributed by atoms with Gasteiger partial charge in [0.15, 0.2) is 11.6 Å². The van der Waals surface area contributed by atoms with Gasteiger partial charge >= 0.3 is 7.82 Å². The van der Waals surface area contributed by atoms with Gasteiger partial charge in [0.05, 0.1) is 41.2 Å². The fourth-order valence-corrected chi connectivity index (χ4v) is 5.47. The predicted molar refractivity (Wildman–Crippen MR) is 120 cm³/mol. The number of hydrogen-bond donors (Lipinski definition) is 2. The molecule has 4 aromatic rings. The number of halogens is 1. The first kappa shape index (κ1) is 22.1. The van der Waals surface area contributed by atoms with Crippen LogP contribution in [0.4, 0.5) is 4.39 Å². The molecule has 0 amide bonds. The molecule has 0 saturated heterocycles. The number of hydrogen-bond acceptors (Lipinski definition) is 8. The van der Waals surface area contributed by atoms with Gasteiger partial charge in [-0.3, -0.25) is 4.52 Å². The van der Waals surface area contributed by atoms with Crippen LogP contribution in [0.5, 0.6) is 11.6 Å². The Kier molecular flexibility index (Phi) is 5.15. The van der Waals surface area contributed by atoms with Gasteiger partial charge in [0, 0.05) is 23.6 Å². The third-order valence-corrected chi connectivity index (χ3v) is 6.96. The van der Waals surface area contributed by atoms with Crippen molar-refractivity contribution in [3.8, 4) is 22.2 Å². The van der Waals surface area contributed by atoms with Crippen molar-refractivity contribution >= 4 is 40.4 Å². The number of aromatic nitrogens is 3. The van der Waals surface area contributed by atoms with Crippen LogP contribution in [0, 0.1) is 12.7 Å². The van der Waals surface area contributed by atoms with E-state index >= 15 is 0 Å². The lowest BCUT2D eigenvalue weighted by atomic mass is 10.00. The van der Waals surface area contributed by atoms with Gasteiger partial charge in [-0.1, -0.05) is 0 Å². The molecule has 1 aliphatic heterocycles. The minimum absolute atomic E-state index is 0.0492. The highest BCUT2D eigenvalue weighted by Crippen LogP contribution is 2.47. The standard InChI is InChI=1S/C21H19FN3O6PS/c1-10-4-11(17-14(5-10)24-16(29-3)8-23-17)20-25-15-6-13(22)18-12(19(15)33-20)7-21(2,31-18)9-30-32(26,27)28/h4-6,8H,7,9H2,1-3H3,(H2,26,27,28)/t21-/m0/s1. The molecular weight excluding hydrogens is 472 g/mol. The third-order valence-electron chi connectivity index (χ3n) is 5.33. The summed E-state index contributed by atoms with van der Waals surface area (Å²) < 4.78 is 42.3. The first-order valence-corrected chi connectivity index (χ1v) is 12.2. The molecule has 0 unspecified atom stereocenters. The molecule has 2 aromatic heterocycles. The minimum Gasteiger partial charge on any atom is -0.481 e. The maximum atomic E-state index is 14.9. The molecule has 1 atom stereocenters. The summed E-state index contributed by atoms with van der Waals surface area (Å²) in [5, 5.41) is 0.644. The lowest BCUT2D eigenvalue weighted by Crippen LogP contribution is -2.35. The second-order valence-electron chi connectivity index (χ2n) is 8.12. The van der Waals surface area contributed by atoms with Crippen molar-refractivity contribution in [3.63, 3.8) is 0 Å². The summed E-state index contributed by atoms with van der Waals surface area (Å²) in [5.74, 6) is -0.141. The van der Waals surface area contributed by atoms with Crippen LogP contribution in [0.15, 0.2) is 24.4 Å². The Balaban J connectivity index is 1.61. The van der Waals surface area contributed by atoms with E-state index in [9.17, 15) is 8.96 Å². The van der Waals surface area contributed by atoms with E-state index in [1.54, 1.807) is 6.92 Å². The van der Waals surface area contributed by atoms with Gasteiger partial charge < -0.3 is 19.3 Å². The number of fused-ring (bicyclic) bond motifs is 4. The lowest BCUT2D eigenvalue weighted by molar-refractivity contribution is 0.0383. The number of phosphoric acid groups is 1. The maximum absolute atomic E-state index is 14.9. The monoisotopic (exact) mass is 491 g/mol. The average molecular weight is 491 g/mol. The van der Waals surface area contributed by atoms with Gasteiger partial charge in [-0.2, -0.15) is 0 Å². The van der Waals surface area contributed by atoms with Crippen molar-refractivity contribution in [3.05, 3.63) is 41.3 Å². The van der Waals surface area contributed by atoms with Crippen LogP contribution in [-0.2, 0) is 15.5 Å². The molecule has 2 aromatic carbocycles. The number of phosphoric ester groups is 1. The second kappa shape index (κ2) is 7.68. The van der Waals surface area contributed by atoms with Gasteiger partial charge in [0.25, 0.3) is 0 Å². The van der Waals surface area contributed by atoms with Gasteiger partial charge in [-0.15, -0.1) is 11.3 Å². The number of methoxy groups -OCH3 is 1. The minimum atomic E-state index is -4.69. The smallest absolute Gasteiger partial charge is 0.469 e. The third kappa shape index (κ3) is 4.07. The van der Waals surface area contributed by atoms with Gasteiger partial charge in [0.2, 0.25) is 5.88 Å². The van der Waals surface area contributed by atoms with Crippen molar-refractivity contribution in [1.29, 1.82) is 0 Å². The molecule has 0 spiro atoms. The summed E-state index contributed by atoms with van der Waals surface area (Å²) >= 11 is 1.37. The molecular formula is C21H19FN3O6PS. The highest BCUT2D eigenvalue weighted by Gasteiger charge is 2.40. The van der Waals surface area contributed by atoms with Crippen LogP contribution < -0.4 is 9.47 Å². The van der Waals surface area contributed by atoms with E-state index in [2.05, 4.69) is 19.5 Å². The first-order chi connectivity index (χ1) is 15.5. The van der Waals surface area contributed by atoms with E-state index in [1.165, 1.54) is 30.7 Å². The van der Waals surface area contributed by atoms with E-state index < -0.39 is 25.8 Å². The molecule has 9 nitrogen and oxygen atoms in total. The Hall–Kier alpha value is -2.69. The topological polar surface area (TPSA) is 124 Å². The van der Waals surface area contributed by atoms with Crippen LogP contribution >= 0.6 is 19.2 Å². The highest BCUT2D eigenvalue weighted by atomic mass is 32.1. The Morgan fingerprint density at radius 3 is 2.79 bits per heavy atom. The summed E-state index contributed by atoms with van der Waals surface area (Å²) in [6.45, 7) is 3.17. The largest absolute Gasteiger partial charge is 0.481 e. The van der Waals surface area contributed by atoms with Crippen LogP contribution in [0.1, 0.15) is 18.1 Å². The number of thiazole rings is 1. The molecule has 0 radical (unpaired) electrons. The molecule has 0 fully saturated rings. The number of nitrogens with zero attached hydrogens (tertiary/aromatic N) is 3. The highest BCUT2D eigenvalue weighted by molar-refractivity contribution is 7.46. The molecule has 12 heteroatoms. The van der Waals surface area contributed by atoms with Gasteiger partial charge in [-0.25, -0.2) is 23.9 Å². The quantitative estimate of drug-likeness (QED) is 0.396. The van der Waals surface area contributed by atoms with Crippen LogP contribution in [0.3, 0.4) is 0 Å². The molecule has 2 N–H and O–H groups in total. The lowest BCUT2D eigenvalue weighted by Gasteiger charge is -2.23. The number of benzene rings is 2. The number of ether oxygens (including phenoxy) is 2. The summed E-state index contributed by atoms with van der Waals surface area (Å²) in [5.41, 5.74) is 2.96. The fourth-order valence-electron chi connectivity index (χ4n) is 3.93. The van der Waals surface area contributed by atoms with E-state index in [1.807, 2.05) is 19.1 Å². The van der Waals surface area contributed by atoms with Crippen LogP contribution in [-0.4, -0.2) is 44.1 Å². The molecule has 33 heavy (non-hydrogen) atoms. The van der Waals surface area contributed by atoms with E-state index in [-0.39, 0.29) is 12.2 Å². The summed E-state index contributed by atoms with van der Waals surface area (Å²) in [6.07, 6.45) is 1.75. The van der Waals surface area contributed by atoms with Crippen molar-refractivity contribution in [2.24, 2.45) is 0 Å². The Bertz CT molecular complexity index is 1470. The summed E-state index contributed by atoms with van der Waals surface area (Å²) in [6, 6.07) is 5.15. The maximum Gasteiger partial charge on any atom is 0.469 e. The Labute approximate surface area is 191 Å². The first-order valence-electron chi connectivity index (χ1n) is 9.88. The summed E-state index contributed by atoms with van der Waals surface area (Å²) in [7, 11) is -3.17. The van der Waals surface area contributed by atoms with E-state index in [4.69, 9.17) is 19.3 Å². The SMILES string of the molecule is COc1cnc2c(-c3nc4cc(F)c5c(c4s3)C[C@@](C)(COP(=O)(O)O)O5)cc(C)cc2n1. The molecule has 3 heterocycles. The Morgan fingerprint density at radius 2 is 2.06 bits per heavy atom. The van der Waals surface area contributed by atoms with Crippen LogP contribution in [0.2, 0.25) is 0 Å². The molecule has 0 saturated carbocycles. The zero-order valence-electron chi connectivity index (χ0n) is 17.8. The molecule has 0 aliphatic carbocycles. The van der Waals surface area contributed by atoms with Crippen molar-refractivity contribution in [1.82, 2.24) is 15.0 Å². The number of aryl methyl sites for hydroxylation is 1. The van der Waals surface area contributed by atoms with E-state index in [0.717, 1.165) is 15.8 Å². The second-order valence-corrected chi connectivity index (χ2v) is 10.4. The Morgan fingerprint density at radius 1 is 1.27 bits per heavy atom. The predicted octanol–water partition coefficient (Wildman–Crippen LogP) is 4.17. The summed E-state index contributed by atoms with van der Waals surface area (Å²) in [4.78, 5) is 31.7. The zero-order valence-corrected chi connectivity index (χ0v) is 19.5. The number of rotatable bonds is 5. The van der Waals surface area contributed by atoms with Crippen LogP contribution in [0.25, 0.3) is 31.8 Å². The zero-order chi connectivity index (χ0) is 23.5. The molecule has 1 aliphatic rings.